The number of unbranched alkanes of at least 4 members (excludes halogenated alkanes) is 2. The van der Waals surface area contributed by atoms with E-state index < -0.39 is 0 Å². The van der Waals surface area contributed by atoms with Gasteiger partial charge in [-0.15, -0.1) is 0 Å². The summed E-state index contributed by atoms with van der Waals surface area (Å²) in [5, 5.41) is 0. The lowest BCUT2D eigenvalue weighted by molar-refractivity contribution is 0.411. The van der Waals surface area contributed by atoms with Crippen molar-refractivity contribution in [2.75, 3.05) is 0 Å². The Balaban J connectivity index is 2.13. The third-order valence-electron chi connectivity index (χ3n) is 4.05. The highest BCUT2D eigenvalue weighted by Crippen LogP contribution is 2.30. The normalized spacial score (nSPS) is 16.6. The molecule has 0 radical (unpaired) electrons. The molecule has 1 saturated carbocycles. The minimum Gasteiger partial charge on any atom is -0.0982 e. The molecule has 0 nitrogen and oxygen atoms in total. The number of allylic oxidation sites excluding steroid dienone is 1. The Labute approximate surface area is 124 Å². The Kier molecular flexibility index (Phi) is 6.45. The molecule has 0 spiro atoms. The van der Waals surface area contributed by atoms with E-state index in [1.165, 1.54) is 56.1 Å². The summed E-state index contributed by atoms with van der Waals surface area (Å²) < 4.78 is 0. The Morgan fingerprint density at radius 2 is 1.90 bits per heavy atom. The second-order valence-corrected chi connectivity index (χ2v) is 5.75. The van der Waals surface area contributed by atoms with Crippen molar-refractivity contribution < 1.29 is 0 Å². The molecule has 0 amide bonds. The molecule has 2 rings (SSSR count). The fourth-order valence-electron chi connectivity index (χ4n) is 2.83. The topological polar surface area (TPSA) is 0 Å². The first-order valence-electron chi connectivity index (χ1n) is 8.15. The van der Waals surface area contributed by atoms with Gasteiger partial charge in [0.2, 0.25) is 0 Å². The highest BCUT2D eigenvalue weighted by molar-refractivity contribution is 5.58. The largest absolute Gasteiger partial charge is 0.0982 e. The van der Waals surface area contributed by atoms with E-state index in [1.807, 2.05) is 0 Å². The van der Waals surface area contributed by atoms with Crippen molar-refractivity contribution in [3.63, 3.8) is 0 Å². The van der Waals surface area contributed by atoms with Crippen LogP contribution >= 0.6 is 0 Å². The molecule has 1 aliphatic carbocycles. The number of hydrogen-bond acceptors (Lipinski definition) is 0. The zero-order valence-corrected chi connectivity index (χ0v) is 12.7. The molecule has 0 aromatic heterocycles. The first-order chi connectivity index (χ1) is 9.90. The van der Waals surface area contributed by atoms with Crippen LogP contribution in [0.4, 0.5) is 0 Å². The molecule has 0 aliphatic heterocycles. The maximum Gasteiger partial charge on any atom is 0.00922 e. The van der Waals surface area contributed by atoms with Crippen molar-refractivity contribution in [1.82, 2.24) is 0 Å². The Hall–Kier alpha value is -1.48. The van der Waals surface area contributed by atoms with Crippen molar-refractivity contribution in [2.24, 2.45) is 5.92 Å². The maximum atomic E-state index is 3.48. The number of benzene rings is 1. The van der Waals surface area contributed by atoms with Crippen molar-refractivity contribution in [2.45, 2.75) is 58.3 Å². The first kappa shape index (κ1) is 14.9. The Morgan fingerprint density at radius 3 is 2.60 bits per heavy atom. The summed E-state index contributed by atoms with van der Waals surface area (Å²) in [6.45, 7) is 2.23. The summed E-state index contributed by atoms with van der Waals surface area (Å²) >= 11 is 0. The van der Waals surface area contributed by atoms with Gasteiger partial charge in [0.1, 0.15) is 0 Å². The molecule has 0 bridgehead atoms. The third-order valence-corrected chi connectivity index (χ3v) is 4.05. The predicted molar refractivity (Wildman–Crippen MR) is 88.3 cm³/mol. The zero-order chi connectivity index (χ0) is 14.0. The monoisotopic (exact) mass is 266 g/mol. The van der Waals surface area contributed by atoms with Crippen LogP contribution in [0.3, 0.4) is 0 Å². The number of hydrogen-bond donors (Lipinski definition) is 0. The molecule has 1 aromatic rings. The zero-order valence-electron chi connectivity index (χ0n) is 12.7. The van der Waals surface area contributed by atoms with Gasteiger partial charge in [0, 0.05) is 12.0 Å². The van der Waals surface area contributed by atoms with Crippen LogP contribution in [0.1, 0.15) is 63.9 Å². The van der Waals surface area contributed by atoms with Crippen LogP contribution < -0.4 is 0 Å². The minimum absolute atomic E-state index is 0.693. The summed E-state index contributed by atoms with van der Waals surface area (Å²) in [7, 11) is 0. The molecular formula is C20H26. The van der Waals surface area contributed by atoms with Crippen molar-refractivity contribution in [1.29, 1.82) is 0 Å². The van der Waals surface area contributed by atoms with Gasteiger partial charge in [0.05, 0.1) is 0 Å². The smallest absolute Gasteiger partial charge is 0.00922 e. The maximum absolute atomic E-state index is 3.48. The van der Waals surface area contributed by atoms with Gasteiger partial charge >= 0.3 is 0 Å². The summed E-state index contributed by atoms with van der Waals surface area (Å²) in [5.41, 5.74) is 2.66. The molecule has 0 atom stereocenters. The van der Waals surface area contributed by atoms with E-state index in [0.717, 1.165) is 6.42 Å². The SMILES string of the molecule is CCCCC#C/C(=C\c1ccccc1)C1CCCCC1. The van der Waals surface area contributed by atoms with Crippen molar-refractivity contribution in [3.05, 3.63) is 41.5 Å². The number of rotatable bonds is 4. The minimum atomic E-state index is 0.693. The molecule has 1 fully saturated rings. The fourth-order valence-corrected chi connectivity index (χ4v) is 2.83. The average Bonchev–Trinajstić information content (AvgIpc) is 2.52. The lowest BCUT2D eigenvalue weighted by Gasteiger charge is -2.21. The van der Waals surface area contributed by atoms with Gasteiger partial charge in [0.25, 0.3) is 0 Å². The average molecular weight is 266 g/mol. The molecule has 0 N–H and O–H groups in total. The van der Waals surface area contributed by atoms with Gasteiger partial charge < -0.3 is 0 Å². The van der Waals surface area contributed by atoms with Crippen molar-refractivity contribution >= 4 is 6.08 Å². The van der Waals surface area contributed by atoms with Crippen LogP contribution in [0.5, 0.6) is 0 Å². The van der Waals surface area contributed by atoms with Crippen LogP contribution in [0.15, 0.2) is 35.9 Å². The summed E-state index contributed by atoms with van der Waals surface area (Å²) in [5.74, 6) is 7.56. The standard InChI is InChI=1S/C20H26/c1-2-3-4-9-16-20(19-14-10-6-11-15-19)17-18-12-7-5-8-13-18/h5,7-8,12-13,17,19H,2-4,6,10-11,14-15H2,1H3/b20-17+. The molecular weight excluding hydrogens is 240 g/mol. The van der Waals surface area contributed by atoms with E-state index in [0.29, 0.717) is 5.92 Å². The van der Waals surface area contributed by atoms with Gasteiger partial charge in [-0.25, -0.2) is 0 Å². The Bertz CT molecular complexity index is 464. The van der Waals surface area contributed by atoms with Crippen LogP contribution in [0, 0.1) is 17.8 Å². The summed E-state index contributed by atoms with van der Waals surface area (Å²) in [4.78, 5) is 0. The molecule has 106 valence electrons. The molecule has 0 heteroatoms. The predicted octanol–water partition coefficient (Wildman–Crippen LogP) is 5.84. The van der Waals surface area contributed by atoms with Gasteiger partial charge in [-0.1, -0.05) is 74.8 Å². The highest BCUT2D eigenvalue weighted by Gasteiger charge is 2.16. The van der Waals surface area contributed by atoms with Gasteiger partial charge in [-0.05, 0) is 36.8 Å². The molecule has 0 heterocycles. The lowest BCUT2D eigenvalue weighted by Crippen LogP contribution is -2.08. The van der Waals surface area contributed by atoms with E-state index >= 15 is 0 Å². The van der Waals surface area contributed by atoms with E-state index in [4.69, 9.17) is 0 Å². The molecule has 1 aliphatic rings. The molecule has 0 saturated heterocycles. The second-order valence-electron chi connectivity index (χ2n) is 5.75. The van der Waals surface area contributed by atoms with Crippen LogP contribution in [-0.4, -0.2) is 0 Å². The summed E-state index contributed by atoms with van der Waals surface area (Å²) in [6.07, 6.45) is 12.6. The first-order valence-corrected chi connectivity index (χ1v) is 8.15. The second kappa shape index (κ2) is 8.64. The van der Waals surface area contributed by atoms with E-state index in [2.05, 4.69) is 55.2 Å². The molecule has 0 unspecified atom stereocenters. The Morgan fingerprint density at radius 1 is 1.15 bits per heavy atom. The van der Waals surface area contributed by atoms with Gasteiger partial charge in [0.15, 0.2) is 0 Å². The highest BCUT2D eigenvalue weighted by atomic mass is 14.2. The third kappa shape index (κ3) is 4.89. The van der Waals surface area contributed by atoms with E-state index in [1.54, 1.807) is 0 Å². The molecule has 20 heavy (non-hydrogen) atoms. The fraction of sp³-hybridized carbons (Fsp3) is 0.500. The summed E-state index contributed by atoms with van der Waals surface area (Å²) in [6, 6.07) is 10.6. The quantitative estimate of drug-likeness (QED) is 0.474. The molecule has 1 aromatic carbocycles. The van der Waals surface area contributed by atoms with Crippen LogP contribution in [-0.2, 0) is 0 Å². The van der Waals surface area contributed by atoms with Gasteiger partial charge in [-0.2, -0.15) is 0 Å². The lowest BCUT2D eigenvalue weighted by atomic mass is 9.83. The van der Waals surface area contributed by atoms with Crippen LogP contribution in [0.25, 0.3) is 6.08 Å². The van der Waals surface area contributed by atoms with E-state index in [9.17, 15) is 0 Å². The van der Waals surface area contributed by atoms with E-state index in [-0.39, 0.29) is 0 Å². The van der Waals surface area contributed by atoms with Crippen molar-refractivity contribution in [3.8, 4) is 11.8 Å². The van der Waals surface area contributed by atoms with Crippen LogP contribution in [0.2, 0.25) is 0 Å². The van der Waals surface area contributed by atoms with Gasteiger partial charge in [-0.3, -0.25) is 0 Å².